The van der Waals surface area contributed by atoms with E-state index in [0.717, 1.165) is 12.8 Å². The lowest BCUT2D eigenvalue weighted by atomic mass is 9.88. The lowest BCUT2D eigenvalue weighted by Gasteiger charge is -2.27. The number of fused-ring (bicyclic) bond motifs is 2. The smallest absolute Gasteiger partial charge is 0.309 e. The average Bonchev–Trinajstić information content (AvgIpc) is 3.78. The molecule has 4 saturated carbocycles. The lowest BCUT2D eigenvalue weighted by Crippen LogP contribution is -2.38. The molecule has 0 aromatic heterocycles. The molecule has 0 amide bonds. The van der Waals surface area contributed by atoms with Gasteiger partial charge in [0.25, 0.3) is 0 Å². The highest BCUT2D eigenvalue weighted by Gasteiger charge is 2.64. The molecule has 2 saturated heterocycles. The topological polar surface area (TPSA) is 158 Å². The summed E-state index contributed by atoms with van der Waals surface area (Å²) in [6, 6.07) is 0. The van der Waals surface area contributed by atoms with Crippen LogP contribution in [0, 0.1) is 41.4 Å². The molecular formula is C30H38O12. The molecule has 4 aliphatic carbocycles. The Morgan fingerprint density at radius 3 is 1.90 bits per heavy atom. The molecule has 6 aliphatic rings. The molecule has 4 bridgehead atoms. The van der Waals surface area contributed by atoms with Crippen molar-refractivity contribution < 1.29 is 57.2 Å². The van der Waals surface area contributed by atoms with Crippen molar-refractivity contribution in [1.29, 1.82) is 0 Å². The second-order valence-corrected chi connectivity index (χ2v) is 12.6. The van der Waals surface area contributed by atoms with Gasteiger partial charge < -0.3 is 28.4 Å². The molecule has 0 radical (unpaired) electrons. The molecule has 230 valence electrons. The van der Waals surface area contributed by atoms with E-state index in [1.54, 1.807) is 6.92 Å². The van der Waals surface area contributed by atoms with Crippen molar-refractivity contribution in [1.82, 2.24) is 0 Å². The van der Waals surface area contributed by atoms with Gasteiger partial charge in [0.05, 0.1) is 17.8 Å². The third-order valence-electron chi connectivity index (χ3n) is 10.2. The van der Waals surface area contributed by atoms with Gasteiger partial charge in [-0.15, -0.1) is 0 Å². The maximum Gasteiger partial charge on any atom is 0.309 e. The van der Waals surface area contributed by atoms with E-state index < -0.39 is 42.1 Å². The first kappa shape index (κ1) is 28.9. The van der Waals surface area contributed by atoms with Gasteiger partial charge in [-0.2, -0.15) is 0 Å². The fourth-order valence-electron chi connectivity index (χ4n) is 8.22. The Kier molecular flexibility index (Phi) is 8.15. The zero-order valence-corrected chi connectivity index (χ0v) is 23.7. The summed E-state index contributed by atoms with van der Waals surface area (Å²) in [7, 11) is 0. The number of ether oxygens (including phenoxy) is 6. The Bertz CT molecular complexity index is 1130. The summed E-state index contributed by atoms with van der Waals surface area (Å²) in [5, 5.41) is 0. The molecule has 0 spiro atoms. The Morgan fingerprint density at radius 1 is 0.738 bits per heavy atom. The van der Waals surface area contributed by atoms with Gasteiger partial charge in [-0.1, -0.05) is 6.92 Å². The molecule has 2 heterocycles. The van der Waals surface area contributed by atoms with E-state index in [-0.39, 0.29) is 105 Å². The summed E-state index contributed by atoms with van der Waals surface area (Å²) < 4.78 is 32.7. The Hall–Kier alpha value is -3.18. The van der Waals surface area contributed by atoms with Crippen LogP contribution in [0.3, 0.4) is 0 Å². The predicted molar refractivity (Wildman–Crippen MR) is 138 cm³/mol. The van der Waals surface area contributed by atoms with Gasteiger partial charge in [-0.25, -0.2) is 0 Å². The first-order valence-electron chi connectivity index (χ1n) is 15.4. The summed E-state index contributed by atoms with van der Waals surface area (Å²) in [6.07, 6.45) is 2.27. The standard InChI is InChI=1S/C30H38O12/c1-2-21(31)37-8-9-38-22(32)5-3-4-14(28(34)40-25-16-11-18-20(13-16)30(36)42-27(18)25)6-7-23(33)39-24-15-10-17-19(12-15)29(35)41-26(17)24/h14-20,24-27H,2-13H2,1H3. The number of hydrogen-bond donors (Lipinski definition) is 0. The van der Waals surface area contributed by atoms with Crippen molar-refractivity contribution in [2.75, 3.05) is 13.2 Å². The zero-order chi connectivity index (χ0) is 29.5. The molecular weight excluding hydrogens is 552 g/mol. The van der Waals surface area contributed by atoms with Crippen molar-refractivity contribution in [2.45, 2.75) is 95.5 Å². The van der Waals surface area contributed by atoms with Gasteiger partial charge >= 0.3 is 35.8 Å². The Morgan fingerprint density at radius 2 is 1.31 bits per heavy atom. The molecule has 0 aromatic carbocycles. The average molecular weight is 591 g/mol. The third kappa shape index (κ3) is 5.48. The largest absolute Gasteiger partial charge is 0.462 e. The highest BCUT2D eigenvalue weighted by molar-refractivity contribution is 5.79. The second kappa shape index (κ2) is 11.8. The van der Waals surface area contributed by atoms with E-state index in [1.807, 2.05) is 0 Å². The molecule has 42 heavy (non-hydrogen) atoms. The predicted octanol–water partition coefficient (Wildman–Crippen LogP) is 2.04. The van der Waals surface area contributed by atoms with Crippen molar-refractivity contribution in [3.63, 3.8) is 0 Å². The van der Waals surface area contributed by atoms with Crippen molar-refractivity contribution in [3.05, 3.63) is 0 Å². The number of carbonyl (C=O) groups excluding carboxylic acids is 6. The van der Waals surface area contributed by atoms with E-state index in [4.69, 9.17) is 28.4 Å². The molecule has 0 N–H and O–H groups in total. The van der Waals surface area contributed by atoms with Crippen molar-refractivity contribution in [3.8, 4) is 0 Å². The van der Waals surface area contributed by atoms with E-state index >= 15 is 0 Å². The fraction of sp³-hybridized carbons (Fsp3) is 0.800. The van der Waals surface area contributed by atoms with Crippen LogP contribution in [0.2, 0.25) is 0 Å². The van der Waals surface area contributed by atoms with Crippen LogP contribution in [-0.4, -0.2) is 73.4 Å². The fourth-order valence-corrected chi connectivity index (χ4v) is 8.22. The van der Waals surface area contributed by atoms with E-state index in [9.17, 15) is 28.8 Å². The summed E-state index contributed by atoms with van der Waals surface area (Å²) in [4.78, 5) is 73.8. The summed E-state index contributed by atoms with van der Waals surface area (Å²) >= 11 is 0. The van der Waals surface area contributed by atoms with Crippen LogP contribution in [0.1, 0.15) is 71.1 Å². The molecule has 11 unspecified atom stereocenters. The van der Waals surface area contributed by atoms with Gasteiger partial charge in [-0.05, 0) is 44.9 Å². The van der Waals surface area contributed by atoms with E-state index in [0.29, 0.717) is 19.3 Å². The summed E-state index contributed by atoms with van der Waals surface area (Å²) in [5.74, 6) is -2.65. The summed E-state index contributed by atoms with van der Waals surface area (Å²) in [6.45, 7) is 1.60. The Labute approximate surface area is 243 Å². The van der Waals surface area contributed by atoms with Gasteiger partial charge in [-0.3, -0.25) is 28.8 Å². The number of hydrogen-bond acceptors (Lipinski definition) is 12. The number of esters is 6. The lowest BCUT2D eigenvalue weighted by molar-refractivity contribution is -0.167. The SMILES string of the molecule is CCC(=O)OCCOC(=O)CCCC(CCC(=O)OC1C2CC3C(=O)OC1C3C2)C(=O)OC1C2CC3C(=O)OC1C3C2. The normalized spacial score (nSPS) is 36.9. The minimum absolute atomic E-state index is 0.0189. The molecule has 2 aliphatic heterocycles. The quantitative estimate of drug-likeness (QED) is 0.165. The molecule has 6 fully saturated rings. The summed E-state index contributed by atoms with van der Waals surface area (Å²) in [5.41, 5.74) is 0. The monoisotopic (exact) mass is 590 g/mol. The zero-order valence-electron chi connectivity index (χ0n) is 23.7. The third-order valence-corrected chi connectivity index (χ3v) is 10.2. The molecule has 6 rings (SSSR count). The molecule has 12 nitrogen and oxygen atoms in total. The molecule has 11 atom stereocenters. The maximum absolute atomic E-state index is 13.4. The second-order valence-electron chi connectivity index (χ2n) is 12.6. The van der Waals surface area contributed by atoms with Crippen LogP contribution < -0.4 is 0 Å². The van der Waals surface area contributed by atoms with Crippen LogP contribution >= 0.6 is 0 Å². The highest BCUT2D eigenvalue weighted by Crippen LogP contribution is 2.56. The van der Waals surface area contributed by atoms with E-state index in [1.165, 1.54) is 0 Å². The van der Waals surface area contributed by atoms with E-state index in [2.05, 4.69) is 0 Å². The van der Waals surface area contributed by atoms with Crippen molar-refractivity contribution in [2.24, 2.45) is 41.4 Å². The van der Waals surface area contributed by atoms with Crippen LogP contribution in [0.15, 0.2) is 0 Å². The van der Waals surface area contributed by atoms with Crippen LogP contribution in [0.5, 0.6) is 0 Å². The number of rotatable bonds is 14. The molecule has 12 heteroatoms. The van der Waals surface area contributed by atoms with Crippen LogP contribution in [-0.2, 0) is 57.2 Å². The van der Waals surface area contributed by atoms with Crippen LogP contribution in [0.4, 0.5) is 0 Å². The first-order chi connectivity index (χ1) is 20.2. The Balaban J connectivity index is 1.00. The van der Waals surface area contributed by atoms with Gasteiger partial charge in [0.2, 0.25) is 0 Å². The van der Waals surface area contributed by atoms with Crippen LogP contribution in [0.25, 0.3) is 0 Å². The molecule has 0 aromatic rings. The van der Waals surface area contributed by atoms with Gasteiger partial charge in [0.15, 0.2) is 0 Å². The number of carbonyl (C=O) groups is 6. The minimum Gasteiger partial charge on any atom is -0.462 e. The first-order valence-corrected chi connectivity index (χ1v) is 15.4. The maximum atomic E-state index is 13.4. The minimum atomic E-state index is -0.670. The van der Waals surface area contributed by atoms with Gasteiger partial charge in [0, 0.05) is 42.9 Å². The van der Waals surface area contributed by atoms with Gasteiger partial charge in [0.1, 0.15) is 37.6 Å². The highest BCUT2D eigenvalue weighted by atomic mass is 16.6. The van der Waals surface area contributed by atoms with Crippen molar-refractivity contribution >= 4 is 35.8 Å².